The number of nitrogens with two attached hydrogens (primary N) is 1. The van der Waals surface area contributed by atoms with Gasteiger partial charge in [-0.05, 0) is 17.7 Å². The number of alkyl halides is 3. The van der Waals surface area contributed by atoms with Gasteiger partial charge in [0.1, 0.15) is 0 Å². The topological polar surface area (TPSA) is 56.2 Å². The zero-order valence-corrected chi connectivity index (χ0v) is 10.1. The lowest BCUT2D eigenvalue weighted by Crippen LogP contribution is -2.04. The van der Waals surface area contributed by atoms with Crippen LogP contribution in [0.25, 0.3) is 16.8 Å². The summed E-state index contributed by atoms with van der Waals surface area (Å²) in [6, 6.07) is 4.88. The highest BCUT2D eigenvalue weighted by molar-refractivity contribution is 5.68. The van der Waals surface area contributed by atoms with Crippen molar-refractivity contribution < 1.29 is 13.2 Å². The number of aromatic nitrogens is 3. The van der Waals surface area contributed by atoms with Crippen molar-refractivity contribution in [3.8, 4) is 11.1 Å². The highest BCUT2D eigenvalue weighted by Crippen LogP contribution is 2.30. The number of hydrogen-bond acceptors (Lipinski definition) is 3. The van der Waals surface area contributed by atoms with Crippen LogP contribution in [0.15, 0.2) is 42.9 Å². The Morgan fingerprint density at radius 1 is 1.00 bits per heavy atom. The summed E-state index contributed by atoms with van der Waals surface area (Å²) in [7, 11) is 0. The largest absolute Gasteiger partial charge is 0.416 e. The third-order valence-electron chi connectivity index (χ3n) is 2.93. The van der Waals surface area contributed by atoms with E-state index in [1.807, 2.05) is 0 Å². The molecular weight excluding hydrogens is 269 g/mol. The second-order valence-electron chi connectivity index (χ2n) is 4.29. The lowest BCUT2D eigenvalue weighted by molar-refractivity contribution is -0.137. The fourth-order valence-electron chi connectivity index (χ4n) is 1.89. The van der Waals surface area contributed by atoms with Gasteiger partial charge in [-0.25, -0.2) is 9.50 Å². The molecule has 2 N–H and O–H groups in total. The van der Waals surface area contributed by atoms with Crippen molar-refractivity contribution >= 4 is 11.3 Å². The fourth-order valence-corrected chi connectivity index (χ4v) is 1.89. The number of rotatable bonds is 1. The fraction of sp³-hybridized carbons (Fsp3) is 0.0769. The Labute approximate surface area is 111 Å². The van der Waals surface area contributed by atoms with E-state index in [1.54, 1.807) is 12.4 Å². The number of nitrogens with zero attached hydrogens (tertiary/aromatic N) is 3. The molecule has 0 saturated carbocycles. The van der Waals surface area contributed by atoms with Crippen molar-refractivity contribution in [3.63, 3.8) is 0 Å². The molecule has 20 heavy (non-hydrogen) atoms. The van der Waals surface area contributed by atoms with E-state index in [9.17, 15) is 13.2 Å². The summed E-state index contributed by atoms with van der Waals surface area (Å²) in [4.78, 5) is 4.14. The Morgan fingerprint density at radius 3 is 2.35 bits per heavy atom. The van der Waals surface area contributed by atoms with Gasteiger partial charge in [-0.3, -0.25) is 0 Å². The van der Waals surface area contributed by atoms with E-state index in [4.69, 9.17) is 5.73 Å². The second-order valence-corrected chi connectivity index (χ2v) is 4.29. The molecule has 0 aliphatic heterocycles. The minimum absolute atomic E-state index is 0.448. The number of fused-ring (bicyclic) bond motifs is 1. The maximum absolute atomic E-state index is 12.5. The number of benzene rings is 1. The lowest BCUT2D eigenvalue weighted by atomic mass is 10.1. The molecule has 102 valence electrons. The predicted molar refractivity (Wildman–Crippen MR) is 67.8 cm³/mol. The molecule has 0 spiro atoms. The molecule has 0 aliphatic carbocycles. The van der Waals surface area contributed by atoms with E-state index in [0.29, 0.717) is 22.5 Å². The Hall–Kier alpha value is -2.57. The van der Waals surface area contributed by atoms with Gasteiger partial charge >= 0.3 is 6.18 Å². The Bertz CT molecular complexity index is 759. The maximum atomic E-state index is 12.5. The zero-order valence-electron chi connectivity index (χ0n) is 10.1. The van der Waals surface area contributed by atoms with Crippen molar-refractivity contribution in [2.24, 2.45) is 0 Å². The van der Waals surface area contributed by atoms with Gasteiger partial charge in [0, 0.05) is 18.0 Å². The molecule has 7 heteroatoms. The molecule has 0 amide bonds. The minimum Gasteiger partial charge on any atom is -0.394 e. The summed E-state index contributed by atoms with van der Waals surface area (Å²) in [5.41, 5.74) is 7.23. The van der Waals surface area contributed by atoms with E-state index < -0.39 is 11.7 Å². The van der Waals surface area contributed by atoms with Crippen molar-refractivity contribution in [3.05, 3.63) is 48.4 Å². The van der Waals surface area contributed by atoms with Crippen LogP contribution in [0.2, 0.25) is 0 Å². The number of hydrogen-bond donors (Lipinski definition) is 1. The summed E-state index contributed by atoms with van der Waals surface area (Å²) in [5, 5.41) is 4.01. The van der Waals surface area contributed by atoms with Crippen molar-refractivity contribution in [2.75, 3.05) is 5.73 Å². The molecular formula is C13H9F3N4. The number of anilines is 1. The first-order valence-corrected chi connectivity index (χ1v) is 5.71. The highest BCUT2D eigenvalue weighted by atomic mass is 19.4. The first kappa shape index (κ1) is 12.5. The van der Waals surface area contributed by atoms with Crippen LogP contribution in [0.4, 0.5) is 18.9 Å². The monoisotopic (exact) mass is 278 g/mol. The third-order valence-corrected chi connectivity index (χ3v) is 2.93. The molecule has 0 saturated heterocycles. The van der Waals surface area contributed by atoms with Crippen molar-refractivity contribution in [2.45, 2.75) is 6.18 Å². The molecule has 0 fully saturated rings. The lowest BCUT2D eigenvalue weighted by Gasteiger charge is -2.07. The first-order valence-electron chi connectivity index (χ1n) is 5.71. The Morgan fingerprint density at radius 2 is 1.70 bits per heavy atom. The Balaban J connectivity index is 2.02. The number of halogens is 3. The van der Waals surface area contributed by atoms with Crippen LogP contribution >= 0.6 is 0 Å². The molecule has 4 nitrogen and oxygen atoms in total. The summed E-state index contributed by atoms with van der Waals surface area (Å²) < 4.78 is 39.0. The molecule has 3 aromatic rings. The summed E-state index contributed by atoms with van der Waals surface area (Å²) in [5.74, 6) is 0. The van der Waals surface area contributed by atoms with Gasteiger partial charge in [-0.1, -0.05) is 12.1 Å². The molecule has 2 aromatic heterocycles. The van der Waals surface area contributed by atoms with E-state index in [1.165, 1.54) is 22.8 Å². The zero-order chi connectivity index (χ0) is 14.3. The molecule has 0 atom stereocenters. The van der Waals surface area contributed by atoms with Gasteiger partial charge < -0.3 is 5.73 Å². The smallest absolute Gasteiger partial charge is 0.394 e. The second kappa shape index (κ2) is 4.22. The van der Waals surface area contributed by atoms with Crippen LogP contribution in [0.3, 0.4) is 0 Å². The van der Waals surface area contributed by atoms with Crippen LogP contribution in [0, 0.1) is 0 Å². The predicted octanol–water partition coefficient (Wildman–Crippen LogP) is 3.00. The van der Waals surface area contributed by atoms with Crippen LogP contribution in [-0.4, -0.2) is 14.6 Å². The van der Waals surface area contributed by atoms with Crippen molar-refractivity contribution in [1.82, 2.24) is 14.6 Å². The van der Waals surface area contributed by atoms with Crippen LogP contribution in [0.1, 0.15) is 5.56 Å². The van der Waals surface area contributed by atoms with E-state index in [2.05, 4.69) is 10.1 Å². The standard InChI is InChI=1S/C13H9F3N4/c14-13(15,16)10-3-1-8(2-4-10)9-5-18-12-11(17)6-19-20(12)7-9/h1-7H,17H2. The number of nitrogen functional groups attached to an aromatic ring is 1. The van der Waals surface area contributed by atoms with Gasteiger partial charge in [0.2, 0.25) is 0 Å². The molecule has 0 bridgehead atoms. The summed E-state index contributed by atoms with van der Waals surface area (Å²) >= 11 is 0. The molecule has 0 radical (unpaired) electrons. The first-order chi connectivity index (χ1) is 9.45. The van der Waals surface area contributed by atoms with Gasteiger partial charge in [-0.2, -0.15) is 18.3 Å². The van der Waals surface area contributed by atoms with Crippen LogP contribution in [-0.2, 0) is 6.18 Å². The summed E-state index contributed by atoms with van der Waals surface area (Å²) in [6.07, 6.45) is 0.354. The van der Waals surface area contributed by atoms with Crippen molar-refractivity contribution in [1.29, 1.82) is 0 Å². The van der Waals surface area contributed by atoms with E-state index in [0.717, 1.165) is 12.1 Å². The SMILES string of the molecule is Nc1cnn2cc(-c3ccc(C(F)(F)F)cc3)cnc12. The molecule has 2 heterocycles. The molecule has 1 aromatic carbocycles. The average Bonchev–Trinajstić information content (AvgIpc) is 2.79. The van der Waals surface area contributed by atoms with E-state index in [-0.39, 0.29) is 0 Å². The third kappa shape index (κ3) is 2.07. The maximum Gasteiger partial charge on any atom is 0.416 e. The van der Waals surface area contributed by atoms with Crippen LogP contribution in [0.5, 0.6) is 0 Å². The normalized spacial score (nSPS) is 11.9. The average molecular weight is 278 g/mol. The van der Waals surface area contributed by atoms with Gasteiger partial charge in [0.15, 0.2) is 5.65 Å². The Kier molecular flexibility index (Phi) is 2.63. The highest BCUT2D eigenvalue weighted by Gasteiger charge is 2.29. The molecule has 3 rings (SSSR count). The quantitative estimate of drug-likeness (QED) is 0.744. The van der Waals surface area contributed by atoms with Gasteiger partial charge in [0.05, 0.1) is 17.4 Å². The molecule has 0 aliphatic rings. The summed E-state index contributed by atoms with van der Waals surface area (Å²) in [6.45, 7) is 0. The van der Waals surface area contributed by atoms with Gasteiger partial charge in [-0.15, -0.1) is 0 Å². The van der Waals surface area contributed by atoms with E-state index >= 15 is 0 Å². The van der Waals surface area contributed by atoms with Gasteiger partial charge in [0.25, 0.3) is 0 Å². The van der Waals surface area contributed by atoms with Crippen LogP contribution < -0.4 is 5.73 Å². The minimum atomic E-state index is -4.34. The molecule has 0 unspecified atom stereocenters.